The molecule has 7 rings (SSSR count). The van der Waals surface area contributed by atoms with Gasteiger partial charge in [-0.2, -0.15) is 0 Å². The number of methoxy groups -OCH3 is 3. The summed E-state index contributed by atoms with van der Waals surface area (Å²) < 4.78 is 18.7. The van der Waals surface area contributed by atoms with E-state index in [1.54, 1.807) is 26.4 Å². The lowest BCUT2D eigenvalue weighted by atomic mass is 9.93. The van der Waals surface area contributed by atoms with Crippen LogP contribution in [0.25, 0.3) is 10.9 Å². The number of nitrogens with one attached hydrogen (secondary N) is 1. The molecule has 0 spiro atoms. The van der Waals surface area contributed by atoms with Gasteiger partial charge in [0.15, 0.2) is 5.13 Å². The molecule has 0 aliphatic heterocycles. The van der Waals surface area contributed by atoms with Gasteiger partial charge in [0.1, 0.15) is 17.2 Å². The lowest BCUT2D eigenvalue weighted by Crippen LogP contribution is -2.18. The van der Waals surface area contributed by atoms with Crippen molar-refractivity contribution in [3.8, 4) is 11.5 Å². The molecule has 256 valence electrons. The van der Waals surface area contributed by atoms with Crippen LogP contribution in [0.5, 0.6) is 11.5 Å². The second-order valence-corrected chi connectivity index (χ2v) is 14.6. The zero-order chi connectivity index (χ0) is 34.8. The highest BCUT2D eigenvalue weighted by atomic mass is 79.9. The summed E-state index contributed by atoms with van der Waals surface area (Å²) >= 11 is 4.99. The van der Waals surface area contributed by atoms with Gasteiger partial charge >= 0.3 is 5.97 Å². The summed E-state index contributed by atoms with van der Waals surface area (Å²) in [4.78, 5) is 29.7. The fourth-order valence-corrected chi connectivity index (χ4v) is 8.53. The van der Waals surface area contributed by atoms with E-state index >= 15 is 0 Å². The summed E-state index contributed by atoms with van der Waals surface area (Å²) in [5, 5.41) is 6.49. The number of halogens is 1. The minimum atomic E-state index is -0.385. The number of anilines is 1. The van der Waals surface area contributed by atoms with Crippen molar-refractivity contribution in [3.05, 3.63) is 104 Å². The molecule has 0 bridgehead atoms. The third-order valence-corrected chi connectivity index (χ3v) is 11.1. The van der Waals surface area contributed by atoms with Gasteiger partial charge in [0.2, 0.25) is 0 Å². The molecule has 2 saturated carbocycles. The number of benzene rings is 3. The standard InChI is InChI=1S/C25H25N3O3S.C14H17BrO2/c1-5-20-14-32-25(26-20)27-23(29)21-12-19-10-15(2)9-16(3)22(19)28(21)13-17-7-6-8-18(11-17)24(30)31-4;1-16-13-7-14(17-2)12(15)6-11(13)9-4-3-8-5-10(8)9/h6-12,14H,5,13H2,1-4H3,(H,26,27,29);6-10H,3-5H2,1-2H3. The van der Waals surface area contributed by atoms with Crippen molar-refractivity contribution in [1.82, 2.24) is 9.55 Å². The fraction of sp³-hybridized carbons (Fsp3) is 0.359. The Morgan fingerprint density at radius 3 is 2.47 bits per heavy atom. The SMILES string of the molecule is CCc1csc(NC(=O)c2cc3cc(C)cc(C)c3n2Cc2cccc(C(=O)OC)c2)n1.COc1cc(OC)c(C2CCC3CC32)cc1Br. The molecule has 3 atom stereocenters. The van der Waals surface area contributed by atoms with Crippen LogP contribution in [0.1, 0.15) is 80.9 Å². The Kier molecular flexibility index (Phi) is 10.5. The average Bonchev–Trinajstić information content (AvgIpc) is 3.37. The smallest absolute Gasteiger partial charge is 0.337 e. The van der Waals surface area contributed by atoms with Gasteiger partial charge in [-0.3, -0.25) is 10.1 Å². The number of rotatable bonds is 9. The van der Waals surface area contributed by atoms with Gasteiger partial charge in [0.05, 0.1) is 42.6 Å². The van der Waals surface area contributed by atoms with Gasteiger partial charge in [-0.25, -0.2) is 9.78 Å². The number of carbonyl (C=O) groups is 2. The minimum absolute atomic E-state index is 0.209. The molecule has 2 aromatic heterocycles. The Morgan fingerprint density at radius 1 is 1.02 bits per heavy atom. The number of esters is 1. The largest absolute Gasteiger partial charge is 0.496 e. The summed E-state index contributed by atoms with van der Waals surface area (Å²) in [7, 11) is 4.79. The molecule has 2 heterocycles. The van der Waals surface area contributed by atoms with Crippen molar-refractivity contribution in [2.45, 2.75) is 58.9 Å². The zero-order valence-electron chi connectivity index (χ0n) is 28.8. The maximum atomic E-state index is 13.3. The Hall–Kier alpha value is -4.15. The van der Waals surface area contributed by atoms with E-state index in [1.807, 2.05) is 55.0 Å². The Balaban J connectivity index is 0.000000205. The van der Waals surface area contributed by atoms with E-state index < -0.39 is 0 Å². The average molecular weight is 745 g/mol. The first-order valence-corrected chi connectivity index (χ1v) is 18.3. The van der Waals surface area contributed by atoms with Crippen LogP contribution in [0.4, 0.5) is 5.13 Å². The molecule has 2 aliphatic carbocycles. The number of hydrogen-bond acceptors (Lipinski definition) is 7. The first-order valence-electron chi connectivity index (χ1n) is 16.6. The van der Waals surface area contributed by atoms with Gasteiger partial charge < -0.3 is 18.8 Å². The number of thiazole rings is 1. The maximum Gasteiger partial charge on any atom is 0.337 e. The fourth-order valence-electron chi connectivity index (χ4n) is 7.22. The molecule has 0 radical (unpaired) electrons. The topological polar surface area (TPSA) is 91.7 Å². The molecule has 1 amide bonds. The number of nitrogens with zero attached hydrogens (tertiary/aromatic N) is 2. The van der Waals surface area contributed by atoms with Crippen LogP contribution < -0.4 is 14.8 Å². The van der Waals surface area contributed by atoms with E-state index in [1.165, 1.54) is 43.3 Å². The lowest BCUT2D eigenvalue weighted by molar-refractivity contribution is 0.0600. The van der Waals surface area contributed by atoms with E-state index in [0.29, 0.717) is 28.9 Å². The van der Waals surface area contributed by atoms with Crippen molar-refractivity contribution < 1.29 is 23.8 Å². The third-order valence-electron chi connectivity index (χ3n) is 9.63. The predicted octanol–water partition coefficient (Wildman–Crippen LogP) is 9.34. The van der Waals surface area contributed by atoms with Crippen LogP contribution in [0.15, 0.2) is 64.5 Å². The van der Waals surface area contributed by atoms with Crippen LogP contribution in [0, 0.1) is 25.7 Å². The van der Waals surface area contributed by atoms with Crippen molar-refractivity contribution in [2.24, 2.45) is 11.8 Å². The van der Waals surface area contributed by atoms with Crippen LogP contribution in [-0.2, 0) is 17.7 Å². The zero-order valence-corrected chi connectivity index (χ0v) is 31.2. The van der Waals surface area contributed by atoms with Crippen LogP contribution >= 0.6 is 27.3 Å². The molecule has 5 aromatic rings. The summed E-state index contributed by atoms with van der Waals surface area (Å²) in [6.07, 6.45) is 4.94. The molecular formula is C39H42BrN3O5S. The Bertz CT molecular complexity index is 2020. The highest BCUT2D eigenvalue weighted by Gasteiger charge is 2.49. The van der Waals surface area contributed by atoms with Crippen molar-refractivity contribution in [3.63, 3.8) is 0 Å². The van der Waals surface area contributed by atoms with Gasteiger partial charge in [-0.1, -0.05) is 30.7 Å². The van der Waals surface area contributed by atoms with Gasteiger partial charge in [0.25, 0.3) is 5.91 Å². The molecule has 3 aromatic carbocycles. The maximum absolute atomic E-state index is 13.3. The second kappa shape index (κ2) is 14.8. The highest BCUT2D eigenvalue weighted by molar-refractivity contribution is 9.10. The normalized spacial score (nSPS) is 17.6. The second-order valence-electron chi connectivity index (χ2n) is 12.9. The molecule has 2 fully saturated rings. The van der Waals surface area contributed by atoms with E-state index in [-0.39, 0.29) is 11.9 Å². The van der Waals surface area contributed by atoms with Gasteiger partial charge in [-0.05, 0) is 120 Å². The first kappa shape index (κ1) is 34.7. The molecule has 2 aliphatic rings. The van der Waals surface area contributed by atoms with Crippen LogP contribution in [0.2, 0.25) is 0 Å². The number of hydrogen-bond donors (Lipinski definition) is 1. The number of fused-ring (bicyclic) bond motifs is 2. The molecule has 49 heavy (non-hydrogen) atoms. The molecule has 1 N–H and O–H groups in total. The van der Waals surface area contributed by atoms with Crippen LogP contribution in [0.3, 0.4) is 0 Å². The monoisotopic (exact) mass is 743 g/mol. The van der Waals surface area contributed by atoms with Gasteiger partial charge in [-0.15, -0.1) is 11.3 Å². The number of ether oxygens (including phenoxy) is 3. The molecule has 10 heteroatoms. The van der Waals surface area contributed by atoms with E-state index in [4.69, 9.17) is 14.2 Å². The molecular weight excluding hydrogens is 702 g/mol. The lowest BCUT2D eigenvalue weighted by Gasteiger charge is -2.18. The minimum Gasteiger partial charge on any atom is -0.496 e. The summed E-state index contributed by atoms with van der Waals surface area (Å²) in [5.41, 5.74) is 7.46. The number of aryl methyl sites for hydroxylation is 3. The summed E-state index contributed by atoms with van der Waals surface area (Å²) in [6.45, 7) is 6.57. The van der Waals surface area contributed by atoms with Crippen LogP contribution in [-0.4, -0.2) is 42.8 Å². The van der Waals surface area contributed by atoms with E-state index in [2.05, 4.69) is 44.4 Å². The van der Waals surface area contributed by atoms with Crippen molar-refractivity contribution in [1.29, 1.82) is 0 Å². The first-order chi connectivity index (χ1) is 23.6. The Labute approximate surface area is 299 Å². The Morgan fingerprint density at radius 2 is 1.82 bits per heavy atom. The third kappa shape index (κ3) is 7.40. The van der Waals surface area contributed by atoms with Crippen molar-refractivity contribution in [2.75, 3.05) is 26.6 Å². The highest BCUT2D eigenvalue weighted by Crippen LogP contribution is 2.60. The van der Waals surface area contributed by atoms with Crippen molar-refractivity contribution >= 4 is 55.2 Å². The summed E-state index contributed by atoms with van der Waals surface area (Å²) in [6, 6.07) is 17.6. The molecule has 0 saturated heterocycles. The predicted molar refractivity (Wildman–Crippen MR) is 199 cm³/mol. The van der Waals surface area contributed by atoms with Gasteiger partial charge in [0, 0.05) is 23.4 Å². The van der Waals surface area contributed by atoms with E-state index in [0.717, 1.165) is 67.5 Å². The molecule has 8 nitrogen and oxygen atoms in total. The number of aromatic nitrogens is 2. The number of carbonyl (C=O) groups excluding carboxylic acids is 2. The number of amides is 1. The quantitative estimate of drug-likeness (QED) is 0.151. The summed E-state index contributed by atoms with van der Waals surface area (Å²) in [5.74, 6) is 3.81. The van der Waals surface area contributed by atoms with E-state index in [9.17, 15) is 9.59 Å². The molecule has 3 unspecified atom stereocenters.